The molecule has 34 heavy (non-hydrogen) atoms. The van der Waals surface area contributed by atoms with Gasteiger partial charge >= 0.3 is 59.1 Å². The SMILES string of the molecule is COc1ccc(-c2cn(COP(=O)([O-])[O-])c3c(OCC4CCC4)ccc(F)c3c2=O)cc1.[Na+].[Na+]. The van der Waals surface area contributed by atoms with Gasteiger partial charge in [0.05, 0.1) is 32.4 Å². The van der Waals surface area contributed by atoms with E-state index in [1.165, 1.54) is 23.9 Å². The van der Waals surface area contributed by atoms with Gasteiger partial charge in [-0.25, -0.2) is 4.39 Å². The molecule has 1 aromatic heterocycles. The smallest absolute Gasteiger partial charge is 0.790 e. The zero-order valence-electron chi connectivity index (χ0n) is 19.3. The van der Waals surface area contributed by atoms with E-state index in [0.29, 0.717) is 23.8 Å². The first kappa shape index (κ1) is 29.5. The Hall–Kier alpha value is -0.710. The number of phosphoric ester groups is 1. The summed E-state index contributed by atoms with van der Waals surface area (Å²) in [6.45, 7) is -0.342. The van der Waals surface area contributed by atoms with Crippen molar-refractivity contribution < 1.29 is 91.9 Å². The average molecular weight is 507 g/mol. The first-order chi connectivity index (χ1) is 15.3. The van der Waals surface area contributed by atoms with E-state index < -0.39 is 25.8 Å². The molecule has 4 rings (SSSR count). The molecule has 2 aromatic carbocycles. The van der Waals surface area contributed by atoms with E-state index >= 15 is 0 Å². The summed E-state index contributed by atoms with van der Waals surface area (Å²) in [5.41, 5.74) is -0.00929. The minimum atomic E-state index is -5.32. The Morgan fingerprint density at radius 2 is 1.79 bits per heavy atom. The number of ether oxygens (including phenoxy) is 2. The van der Waals surface area contributed by atoms with Crippen LogP contribution in [0.1, 0.15) is 19.3 Å². The molecule has 0 saturated heterocycles. The first-order valence-corrected chi connectivity index (χ1v) is 11.5. The number of benzene rings is 2. The molecule has 3 aromatic rings. The predicted molar refractivity (Wildman–Crippen MR) is 112 cm³/mol. The molecule has 1 saturated carbocycles. The number of halogens is 1. The molecule has 0 atom stereocenters. The minimum absolute atomic E-state index is 0. The van der Waals surface area contributed by atoms with Crippen LogP contribution in [-0.4, -0.2) is 18.3 Å². The quantitative estimate of drug-likeness (QED) is 0.233. The van der Waals surface area contributed by atoms with Gasteiger partial charge in [-0.05, 0) is 48.6 Å². The summed E-state index contributed by atoms with van der Waals surface area (Å²) in [6, 6.07) is 9.03. The predicted octanol–water partition coefficient (Wildman–Crippen LogP) is -3.19. The molecule has 0 unspecified atom stereocenters. The van der Waals surface area contributed by atoms with Crippen molar-refractivity contribution in [2.75, 3.05) is 13.7 Å². The summed E-state index contributed by atoms with van der Waals surface area (Å²) >= 11 is 0. The molecule has 170 valence electrons. The molecule has 1 aliphatic carbocycles. The second kappa shape index (κ2) is 12.5. The van der Waals surface area contributed by atoms with Gasteiger partial charge in [0.15, 0.2) is 5.43 Å². The largest absolute Gasteiger partial charge is 1.00 e. The fraction of sp³-hybridized carbons (Fsp3) is 0.318. The van der Waals surface area contributed by atoms with E-state index in [1.54, 1.807) is 24.3 Å². The van der Waals surface area contributed by atoms with Crippen LogP contribution in [0.3, 0.4) is 0 Å². The number of methoxy groups -OCH3 is 1. The third kappa shape index (κ3) is 6.73. The van der Waals surface area contributed by atoms with E-state index in [2.05, 4.69) is 4.52 Å². The zero-order chi connectivity index (χ0) is 22.9. The molecular weight excluding hydrogens is 486 g/mol. The van der Waals surface area contributed by atoms with E-state index in [-0.39, 0.29) is 81.3 Å². The van der Waals surface area contributed by atoms with Gasteiger partial charge in [-0.1, -0.05) is 18.6 Å². The molecule has 0 N–H and O–H groups in total. The third-order valence-corrected chi connectivity index (χ3v) is 6.02. The molecule has 0 spiro atoms. The molecule has 8 nitrogen and oxygen atoms in total. The number of hydrogen-bond acceptors (Lipinski definition) is 7. The molecule has 12 heteroatoms. The van der Waals surface area contributed by atoms with Crippen molar-refractivity contribution in [2.45, 2.75) is 26.0 Å². The van der Waals surface area contributed by atoms with Crippen LogP contribution in [0, 0.1) is 11.7 Å². The molecular formula is C22H21FNNa2O7P. The van der Waals surface area contributed by atoms with Crippen molar-refractivity contribution in [2.24, 2.45) is 5.92 Å². The number of fused-ring (bicyclic) bond motifs is 1. The number of rotatable bonds is 8. The van der Waals surface area contributed by atoms with Crippen LogP contribution < -0.4 is 83.8 Å². The Labute approximate surface area is 240 Å². The van der Waals surface area contributed by atoms with Crippen LogP contribution >= 0.6 is 7.82 Å². The Balaban J connectivity index is 0.00000204. The van der Waals surface area contributed by atoms with Gasteiger partial charge in [0.25, 0.3) is 0 Å². The van der Waals surface area contributed by atoms with Crippen molar-refractivity contribution in [1.82, 2.24) is 4.57 Å². The van der Waals surface area contributed by atoms with Crippen molar-refractivity contribution in [3.05, 3.63) is 58.6 Å². The monoisotopic (exact) mass is 507 g/mol. The van der Waals surface area contributed by atoms with Crippen molar-refractivity contribution in [3.8, 4) is 22.6 Å². The minimum Gasteiger partial charge on any atom is -0.790 e. The van der Waals surface area contributed by atoms with Crippen LogP contribution in [0.25, 0.3) is 22.0 Å². The maximum atomic E-state index is 14.9. The Morgan fingerprint density at radius 1 is 1.12 bits per heavy atom. The van der Waals surface area contributed by atoms with Crippen LogP contribution in [0.15, 0.2) is 47.4 Å². The number of phosphoric acid groups is 1. The summed E-state index contributed by atoms with van der Waals surface area (Å²) in [7, 11) is -3.82. The molecule has 0 radical (unpaired) electrons. The second-order valence-electron chi connectivity index (χ2n) is 7.65. The molecule has 0 bridgehead atoms. The van der Waals surface area contributed by atoms with Crippen LogP contribution in [0.2, 0.25) is 0 Å². The molecule has 1 fully saturated rings. The van der Waals surface area contributed by atoms with E-state index in [1.807, 2.05) is 0 Å². The topological polar surface area (TPSA) is 113 Å². The van der Waals surface area contributed by atoms with E-state index in [9.17, 15) is 23.5 Å². The van der Waals surface area contributed by atoms with Crippen molar-refractivity contribution in [3.63, 3.8) is 0 Å². The molecule has 1 heterocycles. The number of aromatic nitrogens is 1. The maximum absolute atomic E-state index is 14.9. The maximum Gasteiger partial charge on any atom is 1.00 e. The average Bonchev–Trinajstić information content (AvgIpc) is 2.73. The number of hydrogen-bond donors (Lipinski definition) is 0. The van der Waals surface area contributed by atoms with Crippen molar-refractivity contribution in [1.29, 1.82) is 0 Å². The van der Waals surface area contributed by atoms with E-state index in [4.69, 9.17) is 9.47 Å². The van der Waals surface area contributed by atoms with Gasteiger partial charge in [0.2, 0.25) is 0 Å². The normalized spacial score (nSPS) is 13.5. The van der Waals surface area contributed by atoms with Gasteiger partial charge in [-0.2, -0.15) is 0 Å². The molecule has 1 aliphatic rings. The van der Waals surface area contributed by atoms with Gasteiger partial charge in [-0.15, -0.1) is 0 Å². The van der Waals surface area contributed by atoms with Gasteiger partial charge in [0.1, 0.15) is 24.0 Å². The Kier molecular flexibility index (Phi) is 10.9. The number of pyridine rings is 1. The third-order valence-electron chi connectivity index (χ3n) is 5.59. The van der Waals surface area contributed by atoms with E-state index in [0.717, 1.165) is 25.3 Å². The van der Waals surface area contributed by atoms with Crippen LogP contribution in [0.4, 0.5) is 4.39 Å². The standard InChI is InChI=1S/C22H23FNO7P.2Na/c1-29-16-7-5-15(6-8-16)17-11-24(13-31-32(26,27)28)21-19(30-12-14-3-2-4-14)10-9-18(23)20(21)22(17)25;;/h5-11,14H,2-4,12-13H2,1H3,(H2,26,27,28);;/q;2*+1/p-2. The molecule has 0 amide bonds. The summed E-state index contributed by atoms with van der Waals surface area (Å²) in [6.07, 6.45) is 4.49. The summed E-state index contributed by atoms with van der Waals surface area (Å²) in [5.74, 6) is 0.350. The first-order valence-electron chi connectivity index (χ1n) is 10.1. The Morgan fingerprint density at radius 3 is 2.35 bits per heavy atom. The van der Waals surface area contributed by atoms with Crippen LogP contribution in [0.5, 0.6) is 11.5 Å². The Bertz CT molecular complexity index is 1240. The van der Waals surface area contributed by atoms with Gasteiger partial charge in [0, 0.05) is 11.8 Å². The van der Waals surface area contributed by atoms with Gasteiger partial charge in [-0.3, -0.25) is 4.79 Å². The number of nitrogens with zero attached hydrogens (tertiary/aromatic N) is 1. The van der Waals surface area contributed by atoms with Gasteiger partial charge < -0.3 is 32.9 Å². The summed E-state index contributed by atoms with van der Waals surface area (Å²) in [4.78, 5) is 35.5. The summed E-state index contributed by atoms with van der Waals surface area (Å²) in [5, 5.41) is -0.278. The summed E-state index contributed by atoms with van der Waals surface area (Å²) < 4.78 is 42.6. The zero-order valence-corrected chi connectivity index (χ0v) is 24.2. The second-order valence-corrected chi connectivity index (χ2v) is 8.81. The van der Waals surface area contributed by atoms with Crippen LogP contribution in [-0.2, 0) is 15.8 Å². The van der Waals surface area contributed by atoms with Crippen molar-refractivity contribution >= 4 is 18.7 Å². The molecule has 0 aliphatic heterocycles. The fourth-order valence-corrected chi connectivity index (χ4v) is 3.92. The fourth-order valence-electron chi connectivity index (χ4n) is 3.66.